The molecule has 0 spiro atoms. The Morgan fingerprint density at radius 2 is 1.68 bits per heavy atom. The molecule has 3 rings (SSSR count). The topological polar surface area (TPSA) is 49.4 Å². The van der Waals surface area contributed by atoms with Crippen LogP contribution in [-0.2, 0) is 16.0 Å². The van der Waals surface area contributed by atoms with Gasteiger partial charge < -0.3 is 10.2 Å². The Balaban J connectivity index is 1.51. The van der Waals surface area contributed by atoms with Crippen molar-refractivity contribution in [3.8, 4) is 0 Å². The predicted octanol–water partition coefficient (Wildman–Crippen LogP) is 3.50. The van der Waals surface area contributed by atoms with Crippen LogP contribution in [0.5, 0.6) is 0 Å². The van der Waals surface area contributed by atoms with Gasteiger partial charge in [-0.05, 0) is 37.0 Å². The molecule has 1 N–H and O–H groups in total. The molecule has 2 amide bonds. The van der Waals surface area contributed by atoms with E-state index < -0.39 is 0 Å². The Bertz CT molecular complexity index is 700. The van der Waals surface area contributed by atoms with E-state index in [0.29, 0.717) is 13.0 Å². The van der Waals surface area contributed by atoms with E-state index in [-0.39, 0.29) is 17.7 Å². The van der Waals surface area contributed by atoms with Crippen molar-refractivity contribution < 1.29 is 9.59 Å². The second kappa shape index (κ2) is 8.47. The van der Waals surface area contributed by atoms with E-state index in [1.54, 1.807) is 0 Å². The van der Waals surface area contributed by atoms with Gasteiger partial charge in [0.2, 0.25) is 11.8 Å². The molecule has 1 saturated heterocycles. The van der Waals surface area contributed by atoms with Gasteiger partial charge in [-0.25, -0.2) is 0 Å². The number of benzene rings is 2. The summed E-state index contributed by atoms with van der Waals surface area (Å²) in [6.07, 6.45) is 2.96. The van der Waals surface area contributed by atoms with Gasteiger partial charge in [0.15, 0.2) is 0 Å². The van der Waals surface area contributed by atoms with Crippen molar-refractivity contribution in [1.29, 1.82) is 0 Å². The third-order valence-electron chi connectivity index (χ3n) is 4.66. The summed E-state index contributed by atoms with van der Waals surface area (Å²) in [7, 11) is 0. The number of rotatable bonds is 5. The zero-order chi connectivity index (χ0) is 17.5. The minimum absolute atomic E-state index is 0.00626. The smallest absolute Gasteiger partial charge is 0.229 e. The van der Waals surface area contributed by atoms with Gasteiger partial charge in [-0.3, -0.25) is 9.59 Å². The number of aryl methyl sites for hydroxylation is 1. The Labute approximate surface area is 148 Å². The molecule has 1 atom stereocenters. The van der Waals surface area contributed by atoms with Crippen LogP contribution in [0.3, 0.4) is 0 Å². The van der Waals surface area contributed by atoms with Gasteiger partial charge in [0.25, 0.3) is 0 Å². The molecule has 2 aromatic carbocycles. The molecule has 25 heavy (non-hydrogen) atoms. The van der Waals surface area contributed by atoms with Gasteiger partial charge in [0.1, 0.15) is 0 Å². The first-order valence-electron chi connectivity index (χ1n) is 8.90. The lowest BCUT2D eigenvalue weighted by atomic mass is 9.96. The number of para-hydroxylation sites is 1. The van der Waals surface area contributed by atoms with Crippen molar-refractivity contribution in [2.24, 2.45) is 5.92 Å². The van der Waals surface area contributed by atoms with Crippen LogP contribution < -0.4 is 5.32 Å². The van der Waals surface area contributed by atoms with Crippen molar-refractivity contribution in [1.82, 2.24) is 4.90 Å². The molecule has 0 aliphatic carbocycles. The zero-order valence-electron chi connectivity index (χ0n) is 14.4. The van der Waals surface area contributed by atoms with Crippen LogP contribution in [0.25, 0.3) is 0 Å². The molecule has 0 radical (unpaired) electrons. The van der Waals surface area contributed by atoms with Crippen LogP contribution in [0.2, 0.25) is 0 Å². The van der Waals surface area contributed by atoms with E-state index in [4.69, 9.17) is 0 Å². The van der Waals surface area contributed by atoms with E-state index in [9.17, 15) is 9.59 Å². The monoisotopic (exact) mass is 336 g/mol. The third kappa shape index (κ3) is 4.92. The average Bonchev–Trinajstić information content (AvgIpc) is 2.68. The number of anilines is 1. The summed E-state index contributed by atoms with van der Waals surface area (Å²) in [4.78, 5) is 26.8. The van der Waals surface area contributed by atoms with Crippen LogP contribution in [0.15, 0.2) is 60.7 Å². The largest absolute Gasteiger partial charge is 0.342 e. The molecule has 2 aromatic rings. The fraction of sp³-hybridized carbons (Fsp3) is 0.333. The molecule has 1 heterocycles. The second-order valence-corrected chi connectivity index (χ2v) is 6.52. The number of nitrogens with one attached hydrogen (secondary N) is 1. The number of hydrogen-bond donors (Lipinski definition) is 1. The quantitative estimate of drug-likeness (QED) is 0.908. The molecule has 0 bridgehead atoms. The van der Waals surface area contributed by atoms with Gasteiger partial charge in [-0.1, -0.05) is 48.5 Å². The summed E-state index contributed by atoms with van der Waals surface area (Å²) in [6.45, 7) is 1.27. The maximum absolute atomic E-state index is 12.5. The highest BCUT2D eigenvalue weighted by Crippen LogP contribution is 2.20. The second-order valence-electron chi connectivity index (χ2n) is 6.52. The first-order valence-corrected chi connectivity index (χ1v) is 8.90. The van der Waals surface area contributed by atoms with Gasteiger partial charge >= 0.3 is 0 Å². The fourth-order valence-electron chi connectivity index (χ4n) is 3.24. The van der Waals surface area contributed by atoms with E-state index in [1.807, 2.05) is 65.6 Å². The van der Waals surface area contributed by atoms with Gasteiger partial charge in [0.05, 0.1) is 5.92 Å². The van der Waals surface area contributed by atoms with Gasteiger partial charge in [0, 0.05) is 25.2 Å². The Morgan fingerprint density at radius 1 is 1.00 bits per heavy atom. The normalized spacial score (nSPS) is 17.1. The maximum Gasteiger partial charge on any atom is 0.229 e. The summed E-state index contributed by atoms with van der Waals surface area (Å²) in [5.41, 5.74) is 1.98. The standard InChI is InChI=1S/C21H24N2O2/c24-20(14-13-17-8-3-1-4-9-17)23-15-7-10-18(16-23)21(25)22-19-11-5-2-6-12-19/h1-6,8-9,11-12,18H,7,10,13-16H2,(H,22,25). The van der Waals surface area contributed by atoms with E-state index in [2.05, 4.69) is 5.32 Å². The van der Waals surface area contributed by atoms with Crippen LogP contribution in [0.4, 0.5) is 5.69 Å². The SMILES string of the molecule is O=C(Nc1ccccc1)C1CCCN(C(=O)CCc2ccccc2)C1. The van der Waals surface area contributed by atoms with Crippen molar-refractivity contribution in [2.75, 3.05) is 18.4 Å². The van der Waals surface area contributed by atoms with Crippen molar-refractivity contribution in [3.05, 3.63) is 66.2 Å². The highest BCUT2D eigenvalue weighted by molar-refractivity contribution is 5.93. The molecule has 0 aromatic heterocycles. The van der Waals surface area contributed by atoms with Crippen molar-refractivity contribution >= 4 is 17.5 Å². The summed E-state index contributed by atoms with van der Waals surface area (Å²) in [6, 6.07) is 19.5. The van der Waals surface area contributed by atoms with Crippen molar-refractivity contribution in [2.45, 2.75) is 25.7 Å². The molecular formula is C21H24N2O2. The lowest BCUT2D eigenvalue weighted by Crippen LogP contribution is -2.43. The summed E-state index contributed by atoms with van der Waals surface area (Å²) in [5.74, 6) is 0.0162. The molecular weight excluding hydrogens is 312 g/mol. The van der Waals surface area contributed by atoms with Crippen LogP contribution in [0.1, 0.15) is 24.8 Å². The predicted molar refractivity (Wildman–Crippen MR) is 99.1 cm³/mol. The Morgan fingerprint density at radius 3 is 2.40 bits per heavy atom. The number of hydrogen-bond acceptors (Lipinski definition) is 2. The number of carbonyl (C=O) groups is 2. The van der Waals surface area contributed by atoms with Gasteiger partial charge in [-0.2, -0.15) is 0 Å². The molecule has 0 saturated carbocycles. The number of piperidine rings is 1. The lowest BCUT2D eigenvalue weighted by Gasteiger charge is -2.32. The van der Waals surface area contributed by atoms with Crippen LogP contribution in [-0.4, -0.2) is 29.8 Å². The van der Waals surface area contributed by atoms with Gasteiger partial charge in [-0.15, -0.1) is 0 Å². The first kappa shape index (κ1) is 17.2. The van der Waals surface area contributed by atoms with E-state index in [0.717, 1.165) is 31.5 Å². The summed E-state index contributed by atoms with van der Waals surface area (Å²) >= 11 is 0. The minimum Gasteiger partial charge on any atom is -0.342 e. The average molecular weight is 336 g/mol. The first-order chi connectivity index (χ1) is 12.2. The summed E-state index contributed by atoms with van der Waals surface area (Å²) < 4.78 is 0. The number of nitrogens with zero attached hydrogens (tertiary/aromatic N) is 1. The third-order valence-corrected chi connectivity index (χ3v) is 4.66. The molecule has 4 heteroatoms. The number of likely N-dealkylation sites (tertiary alicyclic amines) is 1. The Kier molecular flexibility index (Phi) is 5.83. The maximum atomic E-state index is 12.5. The molecule has 1 aliphatic rings. The number of carbonyl (C=O) groups excluding carboxylic acids is 2. The van der Waals surface area contributed by atoms with Crippen LogP contribution >= 0.6 is 0 Å². The highest BCUT2D eigenvalue weighted by atomic mass is 16.2. The molecule has 1 aliphatic heterocycles. The zero-order valence-corrected chi connectivity index (χ0v) is 14.4. The lowest BCUT2D eigenvalue weighted by molar-refractivity contribution is -0.134. The van der Waals surface area contributed by atoms with Crippen molar-refractivity contribution in [3.63, 3.8) is 0 Å². The highest BCUT2D eigenvalue weighted by Gasteiger charge is 2.28. The van der Waals surface area contributed by atoms with E-state index >= 15 is 0 Å². The van der Waals surface area contributed by atoms with Crippen LogP contribution in [0, 0.1) is 5.92 Å². The molecule has 1 fully saturated rings. The minimum atomic E-state index is -0.130. The molecule has 1 unspecified atom stereocenters. The summed E-state index contributed by atoms with van der Waals surface area (Å²) in [5, 5.41) is 2.95. The Hall–Kier alpha value is -2.62. The fourth-order valence-corrected chi connectivity index (χ4v) is 3.24. The van der Waals surface area contributed by atoms with E-state index in [1.165, 1.54) is 5.56 Å². The molecule has 130 valence electrons. The number of amides is 2. The molecule has 4 nitrogen and oxygen atoms in total.